The Morgan fingerprint density at radius 3 is 2.56 bits per heavy atom. The Bertz CT molecular complexity index is 314. The van der Waals surface area contributed by atoms with Gasteiger partial charge in [0.2, 0.25) is 0 Å². The summed E-state index contributed by atoms with van der Waals surface area (Å²) in [4.78, 5) is 0. The van der Waals surface area contributed by atoms with E-state index in [1.165, 1.54) is 18.4 Å². The van der Waals surface area contributed by atoms with Crippen molar-refractivity contribution in [2.45, 2.75) is 31.8 Å². The van der Waals surface area contributed by atoms with E-state index in [-0.39, 0.29) is 6.10 Å². The first kappa shape index (κ1) is 11.6. The number of ether oxygens (including phenoxy) is 1. The third-order valence-corrected chi connectivity index (χ3v) is 3.21. The molecule has 1 aliphatic rings. The van der Waals surface area contributed by atoms with Gasteiger partial charge in [-0.1, -0.05) is 37.1 Å². The third kappa shape index (κ3) is 3.32. The summed E-state index contributed by atoms with van der Waals surface area (Å²) in [5.74, 6) is 0.767. The van der Waals surface area contributed by atoms with Crippen LogP contribution in [0, 0.1) is 5.92 Å². The zero-order valence-electron chi connectivity index (χ0n) is 9.86. The number of aliphatic hydroxyl groups is 1. The van der Waals surface area contributed by atoms with Crippen molar-refractivity contribution >= 4 is 0 Å². The van der Waals surface area contributed by atoms with Gasteiger partial charge in [-0.2, -0.15) is 0 Å². The van der Waals surface area contributed by atoms with Gasteiger partial charge >= 0.3 is 0 Å². The Balaban J connectivity index is 1.89. The molecule has 0 aliphatic heterocycles. The lowest BCUT2D eigenvalue weighted by molar-refractivity contribution is 0.160. The van der Waals surface area contributed by atoms with Gasteiger partial charge in [-0.25, -0.2) is 0 Å². The summed E-state index contributed by atoms with van der Waals surface area (Å²) in [5, 5.41) is 9.97. The molecule has 2 heteroatoms. The van der Waals surface area contributed by atoms with Gasteiger partial charge in [0.15, 0.2) is 0 Å². The predicted octanol–water partition coefficient (Wildman–Crippen LogP) is 2.71. The molecule has 1 aliphatic carbocycles. The van der Waals surface area contributed by atoms with Crippen LogP contribution in [-0.4, -0.2) is 18.8 Å². The molecule has 1 aromatic rings. The van der Waals surface area contributed by atoms with Crippen LogP contribution < -0.4 is 0 Å². The largest absolute Gasteiger partial charge is 0.388 e. The van der Waals surface area contributed by atoms with Crippen molar-refractivity contribution < 1.29 is 9.84 Å². The fourth-order valence-corrected chi connectivity index (χ4v) is 1.93. The van der Waals surface area contributed by atoms with E-state index in [9.17, 15) is 5.11 Å². The van der Waals surface area contributed by atoms with Crippen LogP contribution in [0.5, 0.6) is 0 Å². The molecule has 0 amide bonds. The minimum absolute atomic E-state index is 0.274. The summed E-state index contributed by atoms with van der Waals surface area (Å²) in [6.45, 7) is 0.754. The van der Waals surface area contributed by atoms with Crippen LogP contribution in [0.15, 0.2) is 24.3 Å². The molecule has 16 heavy (non-hydrogen) atoms. The average molecular weight is 220 g/mol. The molecule has 88 valence electrons. The number of hydrogen-bond acceptors (Lipinski definition) is 2. The molecule has 0 heterocycles. The van der Waals surface area contributed by atoms with Crippen LogP contribution in [0.2, 0.25) is 0 Å². The van der Waals surface area contributed by atoms with Gasteiger partial charge < -0.3 is 9.84 Å². The van der Waals surface area contributed by atoms with E-state index in [1.54, 1.807) is 7.11 Å². The number of benzene rings is 1. The van der Waals surface area contributed by atoms with Crippen LogP contribution in [0.25, 0.3) is 0 Å². The highest BCUT2D eigenvalue weighted by atomic mass is 16.5. The minimum atomic E-state index is -0.274. The zero-order chi connectivity index (χ0) is 11.4. The monoisotopic (exact) mass is 220 g/mol. The van der Waals surface area contributed by atoms with Crippen LogP contribution >= 0.6 is 0 Å². The second kappa shape index (κ2) is 5.46. The molecule has 1 saturated carbocycles. The molecule has 1 aromatic carbocycles. The highest BCUT2D eigenvalue weighted by Crippen LogP contribution is 2.37. The first-order chi connectivity index (χ1) is 7.79. The first-order valence-electron chi connectivity index (χ1n) is 6.05. The summed E-state index contributed by atoms with van der Waals surface area (Å²) in [6, 6.07) is 8.25. The summed E-state index contributed by atoms with van der Waals surface area (Å²) in [5.41, 5.74) is 2.32. The van der Waals surface area contributed by atoms with Gasteiger partial charge in [0.25, 0.3) is 0 Å². The SMILES string of the molecule is COCCc1ccc(C(O)CC2CC2)cc1. The molecule has 0 spiro atoms. The van der Waals surface area contributed by atoms with Crippen molar-refractivity contribution in [1.82, 2.24) is 0 Å². The van der Waals surface area contributed by atoms with Crippen molar-refractivity contribution in [2.24, 2.45) is 5.92 Å². The van der Waals surface area contributed by atoms with Gasteiger partial charge in [0.1, 0.15) is 0 Å². The maximum Gasteiger partial charge on any atom is 0.0792 e. The molecule has 0 aromatic heterocycles. The van der Waals surface area contributed by atoms with Gasteiger partial charge in [0.05, 0.1) is 12.7 Å². The molecular formula is C14H20O2. The highest BCUT2D eigenvalue weighted by molar-refractivity contribution is 5.24. The first-order valence-corrected chi connectivity index (χ1v) is 6.05. The van der Waals surface area contributed by atoms with Gasteiger partial charge in [0, 0.05) is 7.11 Å². The maximum absolute atomic E-state index is 9.97. The Labute approximate surface area is 97.3 Å². The predicted molar refractivity (Wildman–Crippen MR) is 64.3 cm³/mol. The van der Waals surface area contributed by atoms with Crippen LogP contribution in [0.3, 0.4) is 0 Å². The number of hydrogen-bond donors (Lipinski definition) is 1. The fourth-order valence-electron chi connectivity index (χ4n) is 1.93. The summed E-state index contributed by atoms with van der Waals surface area (Å²) < 4.78 is 5.03. The lowest BCUT2D eigenvalue weighted by Crippen LogP contribution is -1.99. The lowest BCUT2D eigenvalue weighted by atomic mass is 10.0. The van der Waals surface area contributed by atoms with Crippen LogP contribution in [0.1, 0.15) is 36.5 Å². The van der Waals surface area contributed by atoms with Crippen molar-refractivity contribution in [2.75, 3.05) is 13.7 Å². The average Bonchev–Trinajstić information content (AvgIpc) is 3.11. The standard InChI is InChI=1S/C14H20O2/c1-16-9-8-11-4-6-13(7-5-11)14(15)10-12-2-3-12/h4-7,12,14-15H,2-3,8-10H2,1H3. The van der Waals surface area contributed by atoms with Gasteiger partial charge in [-0.3, -0.25) is 0 Å². The van der Waals surface area contributed by atoms with Crippen LogP contribution in [-0.2, 0) is 11.2 Å². The van der Waals surface area contributed by atoms with Crippen molar-refractivity contribution in [3.63, 3.8) is 0 Å². The molecule has 1 fully saturated rings. The molecule has 0 saturated heterocycles. The zero-order valence-corrected chi connectivity index (χ0v) is 9.86. The van der Waals surface area contributed by atoms with E-state index in [2.05, 4.69) is 12.1 Å². The Morgan fingerprint density at radius 1 is 1.31 bits per heavy atom. The van der Waals surface area contributed by atoms with Crippen molar-refractivity contribution in [1.29, 1.82) is 0 Å². The summed E-state index contributed by atoms with van der Waals surface area (Å²) >= 11 is 0. The Morgan fingerprint density at radius 2 is 2.00 bits per heavy atom. The Hall–Kier alpha value is -0.860. The van der Waals surface area contributed by atoms with E-state index in [0.29, 0.717) is 0 Å². The minimum Gasteiger partial charge on any atom is -0.388 e. The molecule has 0 radical (unpaired) electrons. The molecule has 1 unspecified atom stereocenters. The molecule has 1 N–H and O–H groups in total. The maximum atomic E-state index is 9.97. The van der Waals surface area contributed by atoms with E-state index >= 15 is 0 Å². The van der Waals surface area contributed by atoms with Crippen molar-refractivity contribution in [3.8, 4) is 0 Å². The number of aliphatic hydroxyl groups excluding tert-OH is 1. The van der Waals surface area contributed by atoms with E-state index in [0.717, 1.165) is 30.9 Å². The van der Waals surface area contributed by atoms with Crippen molar-refractivity contribution in [3.05, 3.63) is 35.4 Å². The van der Waals surface area contributed by atoms with E-state index < -0.39 is 0 Å². The summed E-state index contributed by atoms with van der Waals surface area (Å²) in [7, 11) is 1.72. The highest BCUT2D eigenvalue weighted by Gasteiger charge is 2.24. The van der Waals surface area contributed by atoms with Gasteiger partial charge in [-0.05, 0) is 29.9 Å². The molecule has 2 rings (SSSR count). The second-order valence-corrected chi connectivity index (χ2v) is 4.68. The number of methoxy groups -OCH3 is 1. The lowest BCUT2D eigenvalue weighted by Gasteiger charge is -2.10. The molecule has 1 atom stereocenters. The van der Waals surface area contributed by atoms with E-state index in [1.807, 2.05) is 12.1 Å². The summed E-state index contributed by atoms with van der Waals surface area (Å²) in [6.07, 6.45) is 4.18. The third-order valence-electron chi connectivity index (χ3n) is 3.21. The second-order valence-electron chi connectivity index (χ2n) is 4.68. The molecular weight excluding hydrogens is 200 g/mol. The quantitative estimate of drug-likeness (QED) is 0.798. The van der Waals surface area contributed by atoms with Crippen LogP contribution in [0.4, 0.5) is 0 Å². The van der Waals surface area contributed by atoms with E-state index in [4.69, 9.17) is 4.74 Å². The van der Waals surface area contributed by atoms with Gasteiger partial charge in [-0.15, -0.1) is 0 Å². The number of rotatable bonds is 6. The fraction of sp³-hybridized carbons (Fsp3) is 0.571. The molecule has 2 nitrogen and oxygen atoms in total. The Kier molecular flexibility index (Phi) is 3.97. The topological polar surface area (TPSA) is 29.5 Å². The normalized spacial score (nSPS) is 17.4. The molecule has 0 bridgehead atoms. The smallest absolute Gasteiger partial charge is 0.0792 e.